The number of esters is 1. The number of ether oxygens (including phenoxy) is 1. The number of benzene rings is 1. The molecule has 0 atom stereocenters. The molecule has 0 fully saturated rings. The Morgan fingerprint density at radius 3 is 2.78 bits per heavy atom. The fourth-order valence-corrected chi connectivity index (χ4v) is 2.46. The van der Waals surface area contributed by atoms with Crippen LogP contribution in [0.15, 0.2) is 34.2 Å². The monoisotopic (exact) mass is 305 g/mol. The van der Waals surface area contributed by atoms with E-state index >= 15 is 0 Å². The Morgan fingerprint density at radius 1 is 1.50 bits per heavy atom. The van der Waals surface area contributed by atoms with E-state index in [2.05, 4.69) is 5.32 Å². The SMILES string of the molecule is CCNC=C(Sc1ccc(Cl)cc1Cl)C(=O)OC. The van der Waals surface area contributed by atoms with Crippen molar-refractivity contribution in [2.75, 3.05) is 13.7 Å². The van der Waals surface area contributed by atoms with Crippen molar-refractivity contribution in [3.8, 4) is 0 Å². The fourth-order valence-electron chi connectivity index (χ4n) is 1.10. The van der Waals surface area contributed by atoms with Gasteiger partial charge in [-0.15, -0.1) is 0 Å². The number of carbonyl (C=O) groups excluding carboxylic acids is 1. The van der Waals surface area contributed by atoms with E-state index in [1.54, 1.807) is 24.4 Å². The lowest BCUT2D eigenvalue weighted by Gasteiger charge is -2.07. The van der Waals surface area contributed by atoms with Gasteiger partial charge in [0.1, 0.15) is 4.91 Å². The van der Waals surface area contributed by atoms with Crippen LogP contribution in [0.3, 0.4) is 0 Å². The van der Waals surface area contributed by atoms with Gasteiger partial charge in [0.15, 0.2) is 0 Å². The number of nitrogens with one attached hydrogen (secondary N) is 1. The molecule has 0 unspecified atom stereocenters. The van der Waals surface area contributed by atoms with Gasteiger partial charge < -0.3 is 10.1 Å². The Kier molecular flexibility index (Phi) is 6.39. The summed E-state index contributed by atoms with van der Waals surface area (Å²) in [5, 5.41) is 4.02. The smallest absolute Gasteiger partial charge is 0.346 e. The first-order chi connectivity index (χ1) is 8.58. The van der Waals surface area contributed by atoms with Gasteiger partial charge in [-0.2, -0.15) is 0 Å². The molecule has 0 aliphatic heterocycles. The summed E-state index contributed by atoms with van der Waals surface area (Å²) < 4.78 is 4.71. The predicted octanol–water partition coefficient (Wildman–Crippen LogP) is 3.71. The fraction of sp³-hybridized carbons (Fsp3) is 0.250. The van der Waals surface area contributed by atoms with Crippen LogP contribution in [0.25, 0.3) is 0 Å². The van der Waals surface area contributed by atoms with Crippen LogP contribution in [0.4, 0.5) is 0 Å². The maximum Gasteiger partial charge on any atom is 0.346 e. The molecule has 98 valence electrons. The first-order valence-corrected chi connectivity index (χ1v) is 6.80. The van der Waals surface area contributed by atoms with Crippen LogP contribution in [0, 0.1) is 0 Å². The highest BCUT2D eigenvalue weighted by atomic mass is 35.5. The summed E-state index contributed by atoms with van der Waals surface area (Å²) in [6.45, 7) is 2.65. The zero-order valence-electron chi connectivity index (χ0n) is 10.00. The zero-order valence-corrected chi connectivity index (χ0v) is 12.3. The summed E-state index contributed by atoms with van der Waals surface area (Å²) in [4.78, 5) is 12.8. The van der Waals surface area contributed by atoms with Gasteiger partial charge >= 0.3 is 5.97 Å². The Balaban J connectivity index is 2.92. The Bertz CT molecular complexity index is 463. The lowest BCUT2D eigenvalue weighted by atomic mass is 10.4. The van der Waals surface area contributed by atoms with Crippen molar-refractivity contribution in [3.05, 3.63) is 39.3 Å². The van der Waals surface area contributed by atoms with E-state index in [0.717, 1.165) is 11.4 Å². The molecule has 0 bridgehead atoms. The van der Waals surface area contributed by atoms with Crippen LogP contribution in [0.1, 0.15) is 6.92 Å². The van der Waals surface area contributed by atoms with Crippen molar-refractivity contribution >= 4 is 40.9 Å². The second-order valence-electron chi connectivity index (χ2n) is 3.23. The standard InChI is InChI=1S/C12H13Cl2NO2S/c1-3-15-7-11(12(16)17-2)18-10-5-4-8(13)6-9(10)14/h4-7,15H,3H2,1-2H3. The minimum Gasteiger partial charge on any atom is -0.465 e. The molecule has 0 saturated heterocycles. The Hall–Kier alpha value is -0.840. The number of carbonyl (C=O) groups is 1. The van der Waals surface area contributed by atoms with Gasteiger partial charge in [0.25, 0.3) is 0 Å². The largest absolute Gasteiger partial charge is 0.465 e. The molecule has 1 aromatic carbocycles. The van der Waals surface area contributed by atoms with E-state index in [0.29, 0.717) is 15.0 Å². The van der Waals surface area contributed by atoms with Gasteiger partial charge in [-0.05, 0) is 25.1 Å². The molecule has 0 amide bonds. The molecule has 3 nitrogen and oxygen atoms in total. The van der Waals surface area contributed by atoms with Gasteiger partial charge in [-0.1, -0.05) is 35.0 Å². The molecule has 1 aromatic rings. The van der Waals surface area contributed by atoms with E-state index in [1.807, 2.05) is 6.92 Å². The van der Waals surface area contributed by atoms with Crippen molar-refractivity contribution < 1.29 is 9.53 Å². The van der Waals surface area contributed by atoms with E-state index in [9.17, 15) is 4.79 Å². The second-order valence-corrected chi connectivity index (χ2v) is 5.16. The first-order valence-electron chi connectivity index (χ1n) is 5.23. The van der Waals surface area contributed by atoms with Crippen LogP contribution in [-0.4, -0.2) is 19.6 Å². The molecule has 1 N–H and O–H groups in total. The zero-order chi connectivity index (χ0) is 13.5. The van der Waals surface area contributed by atoms with Crippen LogP contribution in [0.2, 0.25) is 10.0 Å². The maximum absolute atomic E-state index is 11.6. The molecule has 0 radical (unpaired) electrons. The first kappa shape index (κ1) is 15.2. The van der Waals surface area contributed by atoms with Crippen LogP contribution in [-0.2, 0) is 9.53 Å². The highest BCUT2D eigenvalue weighted by Gasteiger charge is 2.13. The average Bonchev–Trinajstić information content (AvgIpc) is 2.36. The molecule has 0 heterocycles. The number of rotatable bonds is 5. The number of hydrogen-bond acceptors (Lipinski definition) is 4. The Morgan fingerprint density at radius 2 is 2.22 bits per heavy atom. The molecule has 18 heavy (non-hydrogen) atoms. The van der Waals surface area contributed by atoms with Gasteiger partial charge in [0, 0.05) is 22.7 Å². The van der Waals surface area contributed by atoms with Crippen molar-refractivity contribution in [2.24, 2.45) is 0 Å². The molecule has 0 aliphatic carbocycles. The number of halogens is 2. The maximum atomic E-state index is 11.6. The molecule has 0 aliphatic rings. The van der Waals surface area contributed by atoms with Gasteiger partial charge in [0.2, 0.25) is 0 Å². The second kappa shape index (κ2) is 7.56. The molecule has 0 spiro atoms. The average molecular weight is 306 g/mol. The lowest BCUT2D eigenvalue weighted by Crippen LogP contribution is -2.09. The van der Waals surface area contributed by atoms with E-state index in [1.165, 1.54) is 18.9 Å². The van der Waals surface area contributed by atoms with Crippen LogP contribution >= 0.6 is 35.0 Å². The highest BCUT2D eigenvalue weighted by Crippen LogP contribution is 2.34. The number of methoxy groups -OCH3 is 1. The molecule has 1 rings (SSSR count). The third-order valence-corrected chi connectivity index (χ3v) is 3.68. The summed E-state index contributed by atoms with van der Waals surface area (Å²) >= 11 is 13.1. The molecule has 0 saturated carbocycles. The molecule has 6 heteroatoms. The topological polar surface area (TPSA) is 38.3 Å². The van der Waals surface area contributed by atoms with Crippen molar-refractivity contribution in [2.45, 2.75) is 11.8 Å². The normalized spacial score (nSPS) is 11.2. The van der Waals surface area contributed by atoms with Crippen molar-refractivity contribution in [3.63, 3.8) is 0 Å². The minimum atomic E-state index is -0.410. The van der Waals surface area contributed by atoms with Gasteiger partial charge in [-0.3, -0.25) is 0 Å². The van der Waals surface area contributed by atoms with Crippen LogP contribution < -0.4 is 5.32 Å². The highest BCUT2D eigenvalue weighted by molar-refractivity contribution is 8.04. The third kappa shape index (κ3) is 4.44. The quantitative estimate of drug-likeness (QED) is 0.511. The van der Waals surface area contributed by atoms with E-state index in [-0.39, 0.29) is 0 Å². The lowest BCUT2D eigenvalue weighted by molar-refractivity contribution is -0.135. The molecule has 0 aromatic heterocycles. The summed E-state index contributed by atoms with van der Waals surface area (Å²) in [7, 11) is 1.34. The summed E-state index contributed by atoms with van der Waals surface area (Å²) in [5.74, 6) is -0.410. The molecular formula is C12H13Cl2NO2S. The predicted molar refractivity (Wildman–Crippen MR) is 76.1 cm³/mol. The van der Waals surface area contributed by atoms with Crippen molar-refractivity contribution in [1.82, 2.24) is 5.32 Å². The summed E-state index contributed by atoms with van der Waals surface area (Å²) in [5.41, 5.74) is 0. The Labute approximate surface area is 120 Å². The van der Waals surface area contributed by atoms with Gasteiger partial charge in [0.05, 0.1) is 12.1 Å². The van der Waals surface area contributed by atoms with E-state index < -0.39 is 5.97 Å². The minimum absolute atomic E-state index is 0.410. The van der Waals surface area contributed by atoms with Crippen molar-refractivity contribution in [1.29, 1.82) is 0 Å². The summed E-state index contributed by atoms with van der Waals surface area (Å²) in [6, 6.07) is 5.11. The van der Waals surface area contributed by atoms with Crippen LogP contribution in [0.5, 0.6) is 0 Å². The molecular weight excluding hydrogens is 293 g/mol. The van der Waals surface area contributed by atoms with E-state index in [4.69, 9.17) is 27.9 Å². The number of thioether (sulfide) groups is 1. The summed E-state index contributed by atoms with van der Waals surface area (Å²) in [6.07, 6.45) is 1.61. The van der Waals surface area contributed by atoms with Gasteiger partial charge in [-0.25, -0.2) is 4.79 Å². The third-order valence-electron chi connectivity index (χ3n) is 1.94. The number of hydrogen-bond donors (Lipinski definition) is 1.